The van der Waals surface area contributed by atoms with Gasteiger partial charge in [0.25, 0.3) is 0 Å². The van der Waals surface area contributed by atoms with Gasteiger partial charge >= 0.3 is 0 Å². The Bertz CT molecular complexity index is 529. The van der Waals surface area contributed by atoms with Crippen molar-refractivity contribution in [3.05, 3.63) is 54.1 Å². The summed E-state index contributed by atoms with van der Waals surface area (Å²) in [7, 11) is 0. The van der Waals surface area contributed by atoms with E-state index in [0.29, 0.717) is 0 Å². The summed E-state index contributed by atoms with van der Waals surface area (Å²) in [6.07, 6.45) is 0. The van der Waals surface area contributed by atoms with Gasteiger partial charge in [0, 0.05) is 12.6 Å². The molecule has 1 amide bonds. The van der Waals surface area contributed by atoms with E-state index in [2.05, 4.69) is 30.4 Å². The molecule has 2 rings (SSSR count). The molecule has 0 aliphatic heterocycles. The first-order valence-electron chi connectivity index (χ1n) is 6.60. The van der Waals surface area contributed by atoms with Gasteiger partial charge in [-0.1, -0.05) is 55.8 Å². The molecule has 2 aromatic rings. The third-order valence-electron chi connectivity index (χ3n) is 2.56. The Balaban J connectivity index is 0.000000861. The molecule has 0 radical (unpaired) electrons. The fraction of sp³-hybridized carbons (Fsp3) is 0.235. The van der Waals surface area contributed by atoms with Crippen LogP contribution in [-0.2, 0) is 4.79 Å². The van der Waals surface area contributed by atoms with Crippen molar-refractivity contribution in [2.45, 2.75) is 27.7 Å². The van der Waals surface area contributed by atoms with Crippen LogP contribution in [0.1, 0.15) is 26.3 Å². The molecule has 0 spiro atoms. The average Bonchev–Trinajstić information content (AvgIpc) is 2.41. The van der Waals surface area contributed by atoms with Crippen LogP contribution in [0, 0.1) is 6.92 Å². The van der Waals surface area contributed by atoms with Crippen LogP contribution in [0.2, 0.25) is 0 Å². The van der Waals surface area contributed by atoms with E-state index < -0.39 is 0 Å². The van der Waals surface area contributed by atoms with Crippen LogP contribution in [0.25, 0.3) is 11.1 Å². The second kappa shape index (κ2) is 7.37. The van der Waals surface area contributed by atoms with Crippen molar-refractivity contribution in [2.24, 2.45) is 0 Å². The Kier molecular flexibility index (Phi) is 5.80. The first-order chi connectivity index (χ1) is 9.15. The summed E-state index contributed by atoms with van der Waals surface area (Å²) in [5, 5.41) is 2.76. The Morgan fingerprint density at radius 2 is 1.58 bits per heavy atom. The zero-order chi connectivity index (χ0) is 14.3. The Morgan fingerprint density at radius 1 is 0.947 bits per heavy atom. The number of anilines is 1. The minimum Gasteiger partial charge on any atom is -0.326 e. The SMILES string of the molecule is CC.CC(=O)Nc1ccc(-c2cccc(C)c2)cc1. The highest BCUT2D eigenvalue weighted by atomic mass is 16.1. The van der Waals surface area contributed by atoms with Crippen molar-refractivity contribution in [1.82, 2.24) is 0 Å². The van der Waals surface area contributed by atoms with Crippen molar-refractivity contribution < 1.29 is 4.79 Å². The zero-order valence-electron chi connectivity index (χ0n) is 12.0. The quantitative estimate of drug-likeness (QED) is 0.831. The van der Waals surface area contributed by atoms with Crippen LogP contribution >= 0.6 is 0 Å². The molecular formula is C17H21NO. The molecule has 0 unspecified atom stereocenters. The Labute approximate surface area is 115 Å². The highest BCUT2D eigenvalue weighted by Gasteiger charge is 1.99. The molecule has 0 aliphatic rings. The van der Waals surface area contributed by atoms with E-state index in [4.69, 9.17) is 0 Å². The summed E-state index contributed by atoms with van der Waals surface area (Å²) in [6, 6.07) is 16.2. The molecular weight excluding hydrogens is 234 g/mol. The molecule has 0 aliphatic carbocycles. The predicted molar refractivity (Wildman–Crippen MR) is 82.3 cm³/mol. The molecule has 19 heavy (non-hydrogen) atoms. The lowest BCUT2D eigenvalue weighted by Crippen LogP contribution is -2.05. The first-order valence-corrected chi connectivity index (χ1v) is 6.60. The number of carbonyl (C=O) groups is 1. The molecule has 2 nitrogen and oxygen atoms in total. The summed E-state index contributed by atoms with van der Waals surface area (Å²) in [6.45, 7) is 7.59. The van der Waals surface area contributed by atoms with Gasteiger partial charge in [0.15, 0.2) is 0 Å². The van der Waals surface area contributed by atoms with Crippen molar-refractivity contribution >= 4 is 11.6 Å². The van der Waals surface area contributed by atoms with Crippen molar-refractivity contribution in [1.29, 1.82) is 0 Å². The molecule has 1 N–H and O–H groups in total. The molecule has 0 saturated heterocycles. The number of hydrogen-bond donors (Lipinski definition) is 1. The molecule has 0 atom stereocenters. The van der Waals surface area contributed by atoms with Crippen molar-refractivity contribution in [3.63, 3.8) is 0 Å². The van der Waals surface area contributed by atoms with Crippen LogP contribution in [-0.4, -0.2) is 5.91 Å². The number of amides is 1. The van der Waals surface area contributed by atoms with E-state index >= 15 is 0 Å². The van der Waals surface area contributed by atoms with Gasteiger partial charge in [-0.2, -0.15) is 0 Å². The van der Waals surface area contributed by atoms with Gasteiger partial charge in [-0.25, -0.2) is 0 Å². The molecule has 0 aromatic heterocycles. The van der Waals surface area contributed by atoms with Crippen LogP contribution in [0.5, 0.6) is 0 Å². The van der Waals surface area contributed by atoms with E-state index in [1.165, 1.54) is 18.1 Å². The van der Waals surface area contributed by atoms with Gasteiger partial charge < -0.3 is 5.32 Å². The van der Waals surface area contributed by atoms with Gasteiger partial charge in [0.2, 0.25) is 5.91 Å². The maximum Gasteiger partial charge on any atom is 0.221 e. The van der Waals surface area contributed by atoms with E-state index in [0.717, 1.165) is 11.3 Å². The summed E-state index contributed by atoms with van der Waals surface area (Å²) >= 11 is 0. The second-order valence-corrected chi connectivity index (χ2v) is 4.13. The summed E-state index contributed by atoms with van der Waals surface area (Å²) < 4.78 is 0. The van der Waals surface area contributed by atoms with Gasteiger partial charge in [0.1, 0.15) is 0 Å². The van der Waals surface area contributed by atoms with E-state index in [1.807, 2.05) is 44.2 Å². The molecule has 0 fully saturated rings. The lowest BCUT2D eigenvalue weighted by molar-refractivity contribution is -0.114. The van der Waals surface area contributed by atoms with Gasteiger partial charge in [-0.3, -0.25) is 4.79 Å². The summed E-state index contributed by atoms with van der Waals surface area (Å²) in [5.74, 6) is -0.0479. The highest BCUT2D eigenvalue weighted by Crippen LogP contribution is 2.22. The predicted octanol–water partition coefficient (Wildman–Crippen LogP) is 4.65. The first kappa shape index (κ1) is 15.0. The van der Waals surface area contributed by atoms with Crippen LogP contribution in [0.3, 0.4) is 0 Å². The second-order valence-electron chi connectivity index (χ2n) is 4.13. The lowest BCUT2D eigenvalue weighted by atomic mass is 10.0. The Hall–Kier alpha value is -2.09. The van der Waals surface area contributed by atoms with Crippen LogP contribution in [0.4, 0.5) is 5.69 Å². The summed E-state index contributed by atoms with van der Waals surface area (Å²) in [4.78, 5) is 10.9. The monoisotopic (exact) mass is 255 g/mol. The zero-order valence-corrected chi connectivity index (χ0v) is 12.0. The number of benzene rings is 2. The van der Waals surface area contributed by atoms with Gasteiger partial charge in [-0.05, 0) is 30.2 Å². The molecule has 0 bridgehead atoms. The minimum atomic E-state index is -0.0479. The van der Waals surface area contributed by atoms with Crippen LogP contribution < -0.4 is 5.32 Å². The fourth-order valence-corrected chi connectivity index (χ4v) is 1.77. The third-order valence-corrected chi connectivity index (χ3v) is 2.56. The maximum atomic E-state index is 10.9. The minimum absolute atomic E-state index is 0.0479. The number of rotatable bonds is 2. The number of hydrogen-bond acceptors (Lipinski definition) is 1. The lowest BCUT2D eigenvalue weighted by Gasteiger charge is -2.05. The Morgan fingerprint density at radius 3 is 2.11 bits per heavy atom. The van der Waals surface area contributed by atoms with Crippen molar-refractivity contribution in [3.8, 4) is 11.1 Å². The number of nitrogens with one attached hydrogen (secondary N) is 1. The van der Waals surface area contributed by atoms with E-state index in [-0.39, 0.29) is 5.91 Å². The van der Waals surface area contributed by atoms with Crippen molar-refractivity contribution in [2.75, 3.05) is 5.32 Å². The number of aryl methyl sites for hydroxylation is 1. The molecule has 0 saturated carbocycles. The van der Waals surface area contributed by atoms with E-state index in [9.17, 15) is 4.79 Å². The molecule has 2 heteroatoms. The van der Waals surface area contributed by atoms with Gasteiger partial charge in [0.05, 0.1) is 0 Å². The number of carbonyl (C=O) groups excluding carboxylic acids is 1. The largest absolute Gasteiger partial charge is 0.326 e. The molecule has 2 aromatic carbocycles. The van der Waals surface area contributed by atoms with E-state index in [1.54, 1.807) is 0 Å². The highest BCUT2D eigenvalue weighted by molar-refractivity contribution is 5.89. The smallest absolute Gasteiger partial charge is 0.221 e. The van der Waals surface area contributed by atoms with Gasteiger partial charge in [-0.15, -0.1) is 0 Å². The average molecular weight is 255 g/mol. The maximum absolute atomic E-state index is 10.9. The third kappa shape index (κ3) is 4.59. The summed E-state index contributed by atoms with van der Waals surface area (Å²) in [5.41, 5.74) is 4.42. The normalized spacial score (nSPS) is 9.26. The standard InChI is InChI=1S/C15H15NO.C2H6/c1-11-4-3-5-14(10-11)13-6-8-15(9-7-13)16-12(2)17;1-2/h3-10H,1-2H3,(H,16,17);1-2H3. The molecule has 0 heterocycles. The molecule has 100 valence electrons. The van der Waals surface area contributed by atoms with Crippen LogP contribution in [0.15, 0.2) is 48.5 Å². The fourth-order valence-electron chi connectivity index (χ4n) is 1.77. The topological polar surface area (TPSA) is 29.1 Å².